The number of piperidine rings is 1. The standard InChI is InChI=1S/C20H22N4O4S/c1-15-8-11-24(12-9-15)29(27,28)18-7-4-10-23(20(18)26)14-19(25)22-17-6-3-2-5-16(17)13-21/h2-7,10,15H,8-9,11-12,14H2,1H3,(H,22,25). The molecule has 1 aromatic carbocycles. The molecule has 0 unspecified atom stereocenters. The number of carbonyl (C=O) groups excluding carboxylic acids is 1. The van der Waals surface area contributed by atoms with Crippen LogP contribution in [0.3, 0.4) is 0 Å². The molecule has 1 aliphatic rings. The molecule has 2 heterocycles. The van der Waals surface area contributed by atoms with E-state index in [0.717, 1.165) is 17.4 Å². The zero-order chi connectivity index (χ0) is 21.0. The molecule has 2 aromatic rings. The van der Waals surface area contributed by atoms with Gasteiger partial charge < -0.3 is 9.88 Å². The smallest absolute Gasteiger partial charge is 0.271 e. The molecule has 0 radical (unpaired) electrons. The third kappa shape index (κ3) is 4.55. The van der Waals surface area contributed by atoms with Gasteiger partial charge in [0, 0.05) is 19.3 Å². The van der Waals surface area contributed by atoms with Gasteiger partial charge in [0.05, 0.1) is 11.3 Å². The fraction of sp³-hybridized carbons (Fsp3) is 0.350. The summed E-state index contributed by atoms with van der Waals surface area (Å²) in [6.45, 7) is 2.47. The number of hydrogen-bond acceptors (Lipinski definition) is 5. The van der Waals surface area contributed by atoms with Gasteiger partial charge in [-0.05, 0) is 43.0 Å². The first-order chi connectivity index (χ1) is 13.8. The Morgan fingerprint density at radius 2 is 1.90 bits per heavy atom. The van der Waals surface area contributed by atoms with Crippen molar-refractivity contribution < 1.29 is 13.2 Å². The molecule has 0 bridgehead atoms. The monoisotopic (exact) mass is 414 g/mol. The molecule has 0 atom stereocenters. The highest BCUT2D eigenvalue weighted by Crippen LogP contribution is 2.21. The first-order valence-electron chi connectivity index (χ1n) is 9.31. The zero-order valence-corrected chi connectivity index (χ0v) is 16.9. The second-order valence-corrected chi connectivity index (χ2v) is 9.00. The number of nitriles is 1. The summed E-state index contributed by atoms with van der Waals surface area (Å²) in [6.07, 6.45) is 2.87. The van der Waals surface area contributed by atoms with E-state index in [1.165, 1.54) is 22.6 Å². The Morgan fingerprint density at radius 1 is 1.21 bits per heavy atom. The summed E-state index contributed by atoms with van der Waals surface area (Å²) in [5, 5.41) is 11.7. The number of sulfonamides is 1. The topological polar surface area (TPSA) is 112 Å². The number of aromatic nitrogens is 1. The molecule has 1 aliphatic heterocycles. The second kappa shape index (κ2) is 8.59. The van der Waals surface area contributed by atoms with Crippen LogP contribution in [-0.2, 0) is 21.4 Å². The van der Waals surface area contributed by atoms with Crippen molar-refractivity contribution in [3.8, 4) is 6.07 Å². The Hall–Kier alpha value is -2.96. The third-order valence-electron chi connectivity index (χ3n) is 4.98. The summed E-state index contributed by atoms with van der Waals surface area (Å²) in [4.78, 5) is 24.8. The lowest BCUT2D eigenvalue weighted by atomic mass is 10.0. The molecule has 1 aromatic heterocycles. The zero-order valence-electron chi connectivity index (χ0n) is 16.0. The lowest BCUT2D eigenvalue weighted by Gasteiger charge is -2.29. The fourth-order valence-electron chi connectivity index (χ4n) is 3.23. The number of carbonyl (C=O) groups is 1. The first kappa shape index (κ1) is 20.8. The number of nitrogens with zero attached hydrogens (tertiary/aromatic N) is 3. The molecule has 1 N–H and O–H groups in total. The van der Waals surface area contributed by atoms with Gasteiger partial charge in [0.15, 0.2) is 0 Å². The molecule has 1 amide bonds. The molecule has 3 rings (SSSR count). The van der Waals surface area contributed by atoms with Crippen molar-refractivity contribution in [1.29, 1.82) is 5.26 Å². The number of pyridine rings is 1. The average molecular weight is 414 g/mol. The molecular formula is C20H22N4O4S. The van der Waals surface area contributed by atoms with Crippen LogP contribution in [0.5, 0.6) is 0 Å². The van der Waals surface area contributed by atoms with Gasteiger partial charge in [-0.3, -0.25) is 9.59 Å². The average Bonchev–Trinajstić information content (AvgIpc) is 2.70. The Bertz CT molecular complexity index is 1110. The predicted molar refractivity (Wildman–Crippen MR) is 108 cm³/mol. The number of nitrogens with one attached hydrogen (secondary N) is 1. The van der Waals surface area contributed by atoms with Crippen LogP contribution in [0.15, 0.2) is 52.3 Å². The van der Waals surface area contributed by atoms with Gasteiger partial charge in [0.2, 0.25) is 15.9 Å². The molecule has 0 aliphatic carbocycles. The van der Waals surface area contributed by atoms with Gasteiger partial charge in [0.25, 0.3) is 5.56 Å². The molecule has 29 heavy (non-hydrogen) atoms. The van der Waals surface area contributed by atoms with Crippen LogP contribution >= 0.6 is 0 Å². The number of hydrogen-bond donors (Lipinski definition) is 1. The van der Waals surface area contributed by atoms with Crippen LogP contribution in [0.1, 0.15) is 25.3 Å². The lowest BCUT2D eigenvalue weighted by molar-refractivity contribution is -0.116. The minimum atomic E-state index is -3.92. The SMILES string of the molecule is CC1CCN(S(=O)(=O)c2cccn(CC(=O)Nc3ccccc3C#N)c2=O)CC1. The van der Waals surface area contributed by atoms with Gasteiger partial charge in [-0.1, -0.05) is 19.1 Å². The molecule has 1 saturated heterocycles. The molecule has 0 saturated carbocycles. The minimum absolute atomic E-state index is 0.295. The van der Waals surface area contributed by atoms with Gasteiger partial charge in [0.1, 0.15) is 17.5 Å². The van der Waals surface area contributed by atoms with Gasteiger partial charge in [-0.25, -0.2) is 8.42 Å². The highest BCUT2D eigenvalue weighted by atomic mass is 32.2. The maximum atomic E-state index is 12.9. The Kier molecular flexibility index (Phi) is 6.15. The van der Waals surface area contributed by atoms with Crippen molar-refractivity contribution in [2.24, 2.45) is 5.92 Å². The van der Waals surface area contributed by atoms with Crippen LogP contribution < -0.4 is 10.9 Å². The lowest BCUT2D eigenvalue weighted by Crippen LogP contribution is -2.41. The Balaban J connectivity index is 1.81. The number of benzene rings is 1. The normalized spacial score (nSPS) is 15.6. The predicted octanol–water partition coefficient (Wildman–Crippen LogP) is 1.78. The van der Waals surface area contributed by atoms with E-state index in [-0.39, 0.29) is 11.4 Å². The van der Waals surface area contributed by atoms with E-state index >= 15 is 0 Å². The first-order valence-corrected chi connectivity index (χ1v) is 10.8. The van der Waals surface area contributed by atoms with E-state index in [2.05, 4.69) is 12.2 Å². The van der Waals surface area contributed by atoms with Crippen molar-refractivity contribution >= 4 is 21.6 Å². The van der Waals surface area contributed by atoms with Crippen molar-refractivity contribution in [2.75, 3.05) is 18.4 Å². The van der Waals surface area contributed by atoms with E-state index in [9.17, 15) is 18.0 Å². The van der Waals surface area contributed by atoms with Crippen LogP contribution in [-0.4, -0.2) is 36.3 Å². The number of rotatable bonds is 5. The van der Waals surface area contributed by atoms with Crippen molar-refractivity contribution in [3.63, 3.8) is 0 Å². The third-order valence-corrected chi connectivity index (χ3v) is 6.89. The van der Waals surface area contributed by atoms with Gasteiger partial charge in [-0.2, -0.15) is 9.57 Å². The minimum Gasteiger partial charge on any atom is -0.323 e. The molecular weight excluding hydrogens is 392 g/mol. The Morgan fingerprint density at radius 3 is 2.59 bits per heavy atom. The van der Waals surface area contributed by atoms with Crippen molar-refractivity contribution in [2.45, 2.75) is 31.2 Å². The van der Waals surface area contributed by atoms with Crippen LogP contribution in [0.2, 0.25) is 0 Å². The van der Waals surface area contributed by atoms with Crippen LogP contribution in [0.4, 0.5) is 5.69 Å². The van der Waals surface area contributed by atoms with E-state index in [1.54, 1.807) is 24.3 Å². The van der Waals surface area contributed by atoms with Crippen molar-refractivity contribution in [3.05, 3.63) is 58.5 Å². The molecule has 9 heteroatoms. The number of amides is 1. The maximum Gasteiger partial charge on any atom is 0.271 e. The quantitative estimate of drug-likeness (QED) is 0.801. The summed E-state index contributed by atoms with van der Waals surface area (Å²) in [6, 6.07) is 11.2. The van der Waals surface area contributed by atoms with E-state index in [1.807, 2.05) is 6.07 Å². The van der Waals surface area contributed by atoms with Crippen molar-refractivity contribution in [1.82, 2.24) is 8.87 Å². The fourth-order valence-corrected chi connectivity index (χ4v) is 4.79. The molecule has 1 fully saturated rings. The largest absolute Gasteiger partial charge is 0.323 e. The van der Waals surface area contributed by atoms with Gasteiger partial charge in [-0.15, -0.1) is 0 Å². The molecule has 0 spiro atoms. The van der Waals surface area contributed by atoms with Crippen LogP contribution in [0, 0.1) is 17.2 Å². The number of para-hydroxylation sites is 1. The summed E-state index contributed by atoms with van der Waals surface area (Å²) < 4.78 is 28.2. The van der Waals surface area contributed by atoms with E-state index in [0.29, 0.717) is 30.3 Å². The molecule has 152 valence electrons. The van der Waals surface area contributed by atoms with Crippen LogP contribution in [0.25, 0.3) is 0 Å². The maximum absolute atomic E-state index is 12.9. The molecule has 8 nitrogen and oxygen atoms in total. The van der Waals surface area contributed by atoms with E-state index < -0.39 is 21.5 Å². The Labute approximate surface area is 169 Å². The highest BCUT2D eigenvalue weighted by Gasteiger charge is 2.30. The van der Waals surface area contributed by atoms with E-state index in [4.69, 9.17) is 5.26 Å². The highest BCUT2D eigenvalue weighted by molar-refractivity contribution is 7.89. The summed E-state index contributed by atoms with van der Waals surface area (Å²) in [5.74, 6) is -0.0787. The summed E-state index contributed by atoms with van der Waals surface area (Å²) in [7, 11) is -3.92. The second-order valence-electron chi connectivity index (χ2n) is 7.10. The van der Waals surface area contributed by atoms with Gasteiger partial charge >= 0.3 is 0 Å². The summed E-state index contributed by atoms with van der Waals surface area (Å²) in [5.41, 5.74) is -0.113. The number of anilines is 1. The summed E-state index contributed by atoms with van der Waals surface area (Å²) >= 11 is 0.